The summed E-state index contributed by atoms with van der Waals surface area (Å²) in [5.74, 6) is 0. The van der Waals surface area contributed by atoms with Gasteiger partial charge < -0.3 is 5.32 Å². The summed E-state index contributed by atoms with van der Waals surface area (Å²) in [6, 6.07) is 1.26. The van der Waals surface area contributed by atoms with Crippen molar-refractivity contribution in [2.75, 3.05) is 20.2 Å². The first kappa shape index (κ1) is 11.1. The Bertz CT molecular complexity index is 80.5. The maximum atomic E-state index is 5.23. The Kier molecular flexibility index (Phi) is 8.34. The molecule has 0 saturated heterocycles. The Morgan fingerprint density at radius 1 is 1.36 bits per heavy atom. The number of nitrogens with one attached hydrogen (secondary N) is 1. The van der Waals surface area contributed by atoms with E-state index in [4.69, 9.17) is 4.43 Å². The minimum absolute atomic E-state index is 0.456. The molecule has 0 spiro atoms. The van der Waals surface area contributed by atoms with Crippen LogP contribution in [0.2, 0.25) is 12.6 Å². The van der Waals surface area contributed by atoms with Crippen LogP contribution in [0.4, 0.5) is 0 Å². The zero-order valence-corrected chi connectivity index (χ0v) is 8.94. The number of rotatable bonds is 7. The molecule has 0 unspecified atom stereocenters. The summed E-state index contributed by atoms with van der Waals surface area (Å²) in [7, 11) is 1.36. The molecule has 0 aliphatic carbocycles. The van der Waals surface area contributed by atoms with E-state index in [0.717, 1.165) is 13.1 Å². The SMILES string of the molecule is CCCNCCC[Si+](C)OC. The van der Waals surface area contributed by atoms with Gasteiger partial charge in [0, 0.05) is 0 Å². The van der Waals surface area contributed by atoms with Gasteiger partial charge in [0.05, 0.1) is 19.7 Å². The minimum Gasteiger partial charge on any atom is -0.317 e. The normalized spacial score (nSPS) is 10.1. The van der Waals surface area contributed by atoms with Gasteiger partial charge in [-0.25, -0.2) is 4.43 Å². The molecule has 0 aliphatic rings. The molecule has 0 aromatic carbocycles. The smallest absolute Gasteiger partial charge is 0.317 e. The van der Waals surface area contributed by atoms with Gasteiger partial charge >= 0.3 is 9.04 Å². The molecule has 0 heterocycles. The predicted molar refractivity (Wildman–Crippen MR) is 51.2 cm³/mol. The molecule has 11 heavy (non-hydrogen) atoms. The van der Waals surface area contributed by atoms with Crippen LogP contribution in [0.1, 0.15) is 19.8 Å². The third-order valence-corrected chi connectivity index (χ3v) is 3.41. The quantitative estimate of drug-likeness (QED) is 0.468. The van der Waals surface area contributed by atoms with E-state index < -0.39 is 9.04 Å². The summed E-state index contributed by atoms with van der Waals surface area (Å²) in [6.07, 6.45) is 2.49. The molecule has 0 aromatic rings. The molecule has 0 radical (unpaired) electrons. The Morgan fingerprint density at radius 2 is 2.09 bits per heavy atom. The molecule has 1 N–H and O–H groups in total. The van der Waals surface area contributed by atoms with E-state index >= 15 is 0 Å². The molecular formula is C8H20NOSi+. The molecule has 0 aliphatic heterocycles. The summed E-state index contributed by atoms with van der Waals surface area (Å²) in [6.45, 7) is 6.71. The van der Waals surface area contributed by atoms with Crippen molar-refractivity contribution in [3.05, 3.63) is 0 Å². The van der Waals surface area contributed by atoms with Crippen molar-refractivity contribution < 1.29 is 4.43 Å². The molecule has 0 fully saturated rings. The van der Waals surface area contributed by atoms with Crippen LogP contribution in [0, 0.1) is 0 Å². The minimum atomic E-state index is -0.456. The van der Waals surface area contributed by atoms with Gasteiger partial charge in [-0.15, -0.1) is 0 Å². The van der Waals surface area contributed by atoms with Crippen LogP contribution in [0.5, 0.6) is 0 Å². The highest BCUT2D eigenvalue weighted by molar-refractivity contribution is 6.50. The zero-order chi connectivity index (χ0) is 8.53. The van der Waals surface area contributed by atoms with Gasteiger partial charge in [0.1, 0.15) is 0 Å². The van der Waals surface area contributed by atoms with Gasteiger partial charge in [-0.2, -0.15) is 0 Å². The molecule has 3 heteroatoms. The van der Waals surface area contributed by atoms with Gasteiger partial charge in [0.25, 0.3) is 0 Å². The average molecular weight is 174 g/mol. The molecule has 2 nitrogen and oxygen atoms in total. The molecule has 66 valence electrons. The van der Waals surface area contributed by atoms with Gasteiger partial charge in [0.15, 0.2) is 0 Å². The standard InChI is InChI=1S/C8H20NOSi/c1-4-6-9-7-5-8-11(3)10-2/h9H,4-8H2,1-3H3/q+1. The lowest BCUT2D eigenvalue weighted by Gasteiger charge is -1.99. The van der Waals surface area contributed by atoms with Crippen molar-refractivity contribution in [3.8, 4) is 0 Å². The fraction of sp³-hybridized carbons (Fsp3) is 1.00. The highest BCUT2D eigenvalue weighted by atomic mass is 28.3. The Hall–Kier alpha value is 0.137. The molecule has 0 aromatic heterocycles. The van der Waals surface area contributed by atoms with E-state index in [2.05, 4.69) is 18.8 Å². The summed E-state index contributed by atoms with van der Waals surface area (Å²) >= 11 is 0. The number of hydrogen-bond acceptors (Lipinski definition) is 2. The number of hydrogen-bond donors (Lipinski definition) is 1. The predicted octanol–water partition coefficient (Wildman–Crippen LogP) is 1.64. The first-order valence-electron chi connectivity index (χ1n) is 4.38. The van der Waals surface area contributed by atoms with E-state index in [1.165, 1.54) is 18.9 Å². The Morgan fingerprint density at radius 3 is 2.64 bits per heavy atom. The second-order valence-corrected chi connectivity index (χ2v) is 5.07. The van der Waals surface area contributed by atoms with Crippen LogP contribution in [-0.4, -0.2) is 29.2 Å². The summed E-state index contributed by atoms with van der Waals surface area (Å²) in [5, 5.41) is 3.38. The van der Waals surface area contributed by atoms with Crippen LogP contribution < -0.4 is 5.32 Å². The van der Waals surface area contributed by atoms with Gasteiger partial charge in [-0.1, -0.05) is 6.92 Å². The van der Waals surface area contributed by atoms with Gasteiger partial charge in [-0.3, -0.25) is 0 Å². The van der Waals surface area contributed by atoms with Crippen molar-refractivity contribution >= 4 is 9.04 Å². The molecular weight excluding hydrogens is 154 g/mol. The molecule has 0 bridgehead atoms. The van der Waals surface area contributed by atoms with Crippen LogP contribution in [-0.2, 0) is 4.43 Å². The molecule has 0 atom stereocenters. The molecule has 0 rings (SSSR count). The highest BCUT2D eigenvalue weighted by Crippen LogP contribution is 1.96. The first-order chi connectivity index (χ1) is 5.31. The molecule has 0 saturated carbocycles. The third-order valence-electron chi connectivity index (χ3n) is 1.66. The van der Waals surface area contributed by atoms with E-state index in [1.54, 1.807) is 0 Å². The summed E-state index contributed by atoms with van der Waals surface area (Å²) in [5.41, 5.74) is 0. The summed E-state index contributed by atoms with van der Waals surface area (Å²) < 4.78 is 5.23. The fourth-order valence-corrected chi connectivity index (χ4v) is 1.74. The van der Waals surface area contributed by atoms with Crippen molar-refractivity contribution in [2.24, 2.45) is 0 Å². The highest BCUT2D eigenvalue weighted by Gasteiger charge is 2.17. The van der Waals surface area contributed by atoms with E-state index in [0.29, 0.717) is 0 Å². The zero-order valence-electron chi connectivity index (χ0n) is 7.94. The second kappa shape index (κ2) is 8.24. The summed E-state index contributed by atoms with van der Waals surface area (Å²) in [4.78, 5) is 0. The van der Waals surface area contributed by atoms with Gasteiger partial charge in [-0.05, 0) is 25.9 Å². The molecule has 0 amide bonds. The largest absolute Gasteiger partial charge is 0.469 e. The van der Waals surface area contributed by atoms with Crippen LogP contribution >= 0.6 is 0 Å². The van der Waals surface area contributed by atoms with Crippen LogP contribution in [0.3, 0.4) is 0 Å². The lowest BCUT2D eigenvalue weighted by Crippen LogP contribution is -2.18. The lowest BCUT2D eigenvalue weighted by atomic mass is 10.4. The Labute approximate surface area is 72.1 Å². The van der Waals surface area contributed by atoms with Crippen molar-refractivity contribution in [1.82, 2.24) is 5.32 Å². The fourth-order valence-electron chi connectivity index (χ4n) is 0.866. The lowest BCUT2D eigenvalue weighted by molar-refractivity contribution is 0.421. The first-order valence-corrected chi connectivity index (χ1v) is 6.50. The van der Waals surface area contributed by atoms with Crippen LogP contribution in [0.15, 0.2) is 0 Å². The monoisotopic (exact) mass is 174 g/mol. The topological polar surface area (TPSA) is 21.3 Å². The average Bonchev–Trinajstić information content (AvgIpc) is 2.04. The second-order valence-electron chi connectivity index (χ2n) is 2.76. The van der Waals surface area contributed by atoms with E-state index in [1.807, 2.05) is 7.11 Å². The maximum Gasteiger partial charge on any atom is 0.469 e. The van der Waals surface area contributed by atoms with Crippen LogP contribution in [0.25, 0.3) is 0 Å². The third kappa shape index (κ3) is 8.04. The van der Waals surface area contributed by atoms with Crippen molar-refractivity contribution in [2.45, 2.75) is 32.4 Å². The van der Waals surface area contributed by atoms with Crippen molar-refractivity contribution in [3.63, 3.8) is 0 Å². The van der Waals surface area contributed by atoms with Gasteiger partial charge in [0.2, 0.25) is 0 Å². The van der Waals surface area contributed by atoms with E-state index in [-0.39, 0.29) is 0 Å². The van der Waals surface area contributed by atoms with E-state index in [9.17, 15) is 0 Å². The Balaban J connectivity index is 2.89. The maximum absolute atomic E-state index is 5.23. The van der Waals surface area contributed by atoms with Crippen molar-refractivity contribution in [1.29, 1.82) is 0 Å².